The summed E-state index contributed by atoms with van der Waals surface area (Å²) in [5.74, 6) is -3.89. The van der Waals surface area contributed by atoms with Gasteiger partial charge in [0.2, 0.25) is 5.91 Å². The molecule has 2 unspecified atom stereocenters. The van der Waals surface area contributed by atoms with Crippen LogP contribution < -0.4 is 10.6 Å². The fourth-order valence-electron chi connectivity index (χ4n) is 4.75. The highest BCUT2D eigenvalue weighted by Crippen LogP contribution is 2.25. The molecule has 0 saturated carbocycles. The number of hydrogen-bond acceptors (Lipinski definition) is 7. The Morgan fingerprint density at radius 1 is 0.773 bits per heavy atom. The van der Waals surface area contributed by atoms with Gasteiger partial charge in [0.05, 0.1) is 5.92 Å². The van der Waals surface area contributed by atoms with Gasteiger partial charge in [-0.2, -0.15) is 0 Å². The van der Waals surface area contributed by atoms with E-state index in [9.17, 15) is 29.1 Å². The number of rotatable bonds is 27. The van der Waals surface area contributed by atoms with E-state index in [2.05, 4.69) is 29.7 Å². The minimum atomic E-state index is -1.27. The first kappa shape index (κ1) is 41.1. The van der Waals surface area contributed by atoms with Crippen LogP contribution in [0, 0.1) is 11.3 Å². The maximum Gasteiger partial charge on any atom is 0.308 e. The SMILES string of the molecule is CCCCCCCCC=CCCCCCCCC(=O)NCCCC(CNC(=O)C(OC(C)=O)C(C)(C)COC(C)=O)C(=O)O. The average Bonchev–Trinajstić information content (AvgIpc) is 2.96. The van der Waals surface area contributed by atoms with Gasteiger partial charge in [-0.25, -0.2) is 0 Å². The molecule has 254 valence electrons. The van der Waals surface area contributed by atoms with Crippen molar-refractivity contribution in [2.75, 3.05) is 19.7 Å². The van der Waals surface area contributed by atoms with Crippen molar-refractivity contribution >= 4 is 29.7 Å². The highest BCUT2D eigenvalue weighted by molar-refractivity contribution is 5.84. The Morgan fingerprint density at radius 2 is 1.34 bits per heavy atom. The van der Waals surface area contributed by atoms with Gasteiger partial charge < -0.3 is 25.2 Å². The van der Waals surface area contributed by atoms with Gasteiger partial charge in [-0.15, -0.1) is 0 Å². The summed E-state index contributed by atoms with van der Waals surface area (Å²) in [6.45, 7) is 7.88. The predicted octanol–water partition coefficient (Wildman–Crippen LogP) is 6.26. The first-order chi connectivity index (χ1) is 20.9. The fraction of sp³-hybridized carbons (Fsp3) is 0.794. The molecule has 0 rings (SSSR count). The zero-order chi connectivity index (χ0) is 33.2. The number of nitrogens with one attached hydrogen (secondary N) is 2. The molecule has 0 bridgehead atoms. The number of ether oxygens (including phenoxy) is 2. The standard InChI is InChI=1S/C34H60N2O8/c1-6-7-8-9-10-11-12-13-14-15-16-17-18-19-20-23-30(39)35-24-21-22-29(33(41)42)25-36-32(40)31(44-28(3)38)34(4,5)26-43-27(2)37/h13-14,29,31H,6-12,15-26H2,1-5H3,(H,35,39)(H,36,40)(H,41,42). The number of allylic oxidation sites excluding steroid dienone is 2. The van der Waals surface area contributed by atoms with Gasteiger partial charge in [-0.1, -0.05) is 84.3 Å². The zero-order valence-corrected chi connectivity index (χ0v) is 28.0. The van der Waals surface area contributed by atoms with Crippen LogP contribution in [-0.4, -0.2) is 60.6 Å². The maximum atomic E-state index is 12.8. The van der Waals surface area contributed by atoms with Gasteiger partial charge in [0.1, 0.15) is 6.61 Å². The highest BCUT2D eigenvalue weighted by atomic mass is 16.6. The van der Waals surface area contributed by atoms with E-state index in [1.165, 1.54) is 64.7 Å². The van der Waals surface area contributed by atoms with Gasteiger partial charge >= 0.3 is 17.9 Å². The van der Waals surface area contributed by atoms with Crippen LogP contribution in [0.1, 0.15) is 137 Å². The molecule has 10 heteroatoms. The van der Waals surface area contributed by atoms with E-state index in [1.54, 1.807) is 13.8 Å². The summed E-state index contributed by atoms with van der Waals surface area (Å²) in [4.78, 5) is 59.5. The van der Waals surface area contributed by atoms with Crippen LogP contribution in [0.2, 0.25) is 0 Å². The van der Waals surface area contributed by atoms with Crippen LogP contribution in [0.4, 0.5) is 0 Å². The lowest BCUT2D eigenvalue weighted by atomic mass is 9.86. The Hall–Kier alpha value is -2.91. The van der Waals surface area contributed by atoms with Crippen molar-refractivity contribution in [2.24, 2.45) is 11.3 Å². The molecule has 0 radical (unpaired) electrons. The quantitative estimate of drug-likeness (QED) is 0.0551. The summed E-state index contributed by atoms with van der Waals surface area (Å²) in [7, 11) is 0. The van der Waals surface area contributed by atoms with E-state index in [-0.39, 0.29) is 25.5 Å². The van der Waals surface area contributed by atoms with Crippen LogP contribution in [0.5, 0.6) is 0 Å². The van der Waals surface area contributed by atoms with E-state index in [0.29, 0.717) is 19.4 Å². The van der Waals surface area contributed by atoms with Gasteiger partial charge in [0, 0.05) is 38.8 Å². The lowest BCUT2D eigenvalue weighted by molar-refractivity contribution is -0.167. The second-order valence-electron chi connectivity index (χ2n) is 12.4. The Kier molecular flexibility index (Phi) is 23.7. The number of carboxylic acid groups (broad SMARTS) is 1. The van der Waals surface area contributed by atoms with Crippen molar-refractivity contribution in [3.05, 3.63) is 12.2 Å². The van der Waals surface area contributed by atoms with Gasteiger partial charge in [-0.3, -0.25) is 24.0 Å². The number of unbranched alkanes of at least 4 members (excludes halogenated alkanes) is 11. The number of carbonyl (C=O) groups is 5. The zero-order valence-electron chi connectivity index (χ0n) is 28.0. The third kappa shape index (κ3) is 22.6. The Balaban J connectivity index is 4.16. The minimum absolute atomic E-state index is 0.0398. The summed E-state index contributed by atoms with van der Waals surface area (Å²) < 4.78 is 10.2. The number of hydrogen-bond donors (Lipinski definition) is 3. The topological polar surface area (TPSA) is 148 Å². The average molecular weight is 625 g/mol. The van der Waals surface area contributed by atoms with E-state index in [1.807, 2.05) is 0 Å². The van der Waals surface area contributed by atoms with Crippen molar-refractivity contribution in [1.29, 1.82) is 0 Å². The summed E-state index contributed by atoms with van der Waals surface area (Å²) in [6.07, 6.45) is 20.1. The largest absolute Gasteiger partial charge is 0.481 e. The van der Waals surface area contributed by atoms with Crippen LogP contribution in [0.3, 0.4) is 0 Å². The molecule has 0 aromatic rings. The minimum Gasteiger partial charge on any atom is -0.481 e. The molecule has 3 N–H and O–H groups in total. The van der Waals surface area contributed by atoms with Gasteiger partial charge in [-0.05, 0) is 44.9 Å². The van der Waals surface area contributed by atoms with E-state index >= 15 is 0 Å². The lowest BCUT2D eigenvalue weighted by Crippen LogP contribution is -2.50. The molecule has 0 aromatic heterocycles. The first-order valence-corrected chi connectivity index (χ1v) is 16.6. The van der Waals surface area contributed by atoms with E-state index in [4.69, 9.17) is 9.47 Å². The fourth-order valence-corrected chi connectivity index (χ4v) is 4.75. The van der Waals surface area contributed by atoms with Crippen LogP contribution in [0.25, 0.3) is 0 Å². The Bertz CT molecular complexity index is 871. The third-order valence-electron chi connectivity index (χ3n) is 7.47. The summed E-state index contributed by atoms with van der Waals surface area (Å²) in [5, 5.41) is 15.0. The lowest BCUT2D eigenvalue weighted by Gasteiger charge is -2.32. The van der Waals surface area contributed by atoms with Crippen molar-refractivity contribution in [2.45, 2.75) is 143 Å². The van der Waals surface area contributed by atoms with Crippen molar-refractivity contribution in [1.82, 2.24) is 10.6 Å². The molecular weight excluding hydrogens is 564 g/mol. The summed E-state index contributed by atoms with van der Waals surface area (Å²) >= 11 is 0. The molecule has 0 saturated heterocycles. The monoisotopic (exact) mass is 624 g/mol. The predicted molar refractivity (Wildman–Crippen MR) is 172 cm³/mol. The highest BCUT2D eigenvalue weighted by Gasteiger charge is 2.39. The summed E-state index contributed by atoms with van der Waals surface area (Å²) in [6, 6.07) is 0. The molecule has 0 aliphatic carbocycles. The van der Waals surface area contributed by atoms with Gasteiger partial charge in [0.15, 0.2) is 6.10 Å². The van der Waals surface area contributed by atoms with E-state index < -0.39 is 41.3 Å². The first-order valence-electron chi connectivity index (χ1n) is 16.6. The number of esters is 2. The van der Waals surface area contributed by atoms with Crippen LogP contribution in [0.15, 0.2) is 12.2 Å². The molecule has 10 nitrogen and oxygen atoms in total. The maximum absolute atomic E-state index is 12.8. The van der Waals surface area contributed by atoms with Crippen molar-refractivity contribution in [3.8, 4) is 0 Å². The van der Waals surface area contributed by atoms with Gasteiger partial charge in [0.25, 0.3) is 5.91 Å². The molecule has 2 amide bonds. The normalized spacial score (nSPS) is 12.8. The Morgan fingerprint density at radius 3 is 1.89 bits per heavy atom. The number of aliphatic carboxylic acids is 1. The molecule has 0 aliphatic rings. The van der Waals surface area contributed by atoms with Crippen molar-refractivity contribution in [3.63, 3.8) is 0 Å². The molecule has 0 fully saturated rings. The smallest absolute Gasteiger partial charge is 0.308 e. The molecule has 2 atom stereocenters. The third-order valence-corrected chi connectivity index (χ3v) is 7.47. The molecular formula is C34H60N2O8. The number of carbonyl (C=O) groups excluding carboxylic acids is 4. The Labute approximate surface area is 265 Å². The molecule has 0 aliphatic heterocycles. The molecule has 44 heavy (non-hydrogen) atoms. The molecule has 0 heterocycles. The van der Waals surface area contributed by atoms with E-state index in [0.717, 1.165) is 32.6 Å². The summed E-state index contributed by atoms with van der Waals surface area (Å²) in [5.41, 5.74) is -1.03. The second kappa shape index (κ2) is 25.4. The number of amides is 2. The van der Waals surface area contributed by atoms with Crippen molar-refractivity contribution < 1.29 is 38.6 Å². The molecule has 0 spiro atoms. The number of carboxylic acids is 1. The second-order valence-corrected chi connectivity index (χ2v) is 12.4. The molecule has 0 aromatic carbocycles. The van der Waals surface area contributed by atoms with Crippen LogP contribution >= 0.6 is 0 Å². The van der Waals surface area contributed by atoms with Crippen LogP contribution in [-0.2, 0) is 33.4 Å².